The predicted molar refractivity (Wildman–Crippen MR) is 73.2 cm³/mol. The Morgan fingerprint density at radius 3 is 2.88 bits per heavy atom. The summed E-state index contributed by atoms with van der Waals surface area (Å²) in [6.07, 6.45) is 4.08. The van der Waals surface area contributed by atoms with Gasteiger partial charge < -0.3 is 10.2 Å². The van der Waals surface area contributed by atoms with Crippen molar-refractivity contribution in [2.24, 2.45) is 5.41 Å². The highest BCUT2D eigenvalue weighted by Gasteiger charge is 2.34. The summed E-state index contributed by atoms with van der Waals surface area (Å²) in [5.74, 6) is 2.64. The second kappa shape index (κ2) is 5.28. The molecule has 2 saturated heterocycles. The summed E-state index contributed by atoms with van der Waals surface area (Å²) in [5, 5.41) is 3.92. The number of hydrogen-bond acceptors (Lipinski definition) is 3. The van der Waals surface area contributed by atoms with Crippen LogP contribution in [0, 0.1) is 5.41 Å². The van der Waals surface area contributed by atoms with Crippen molar-refractivity contribution in [3.05, 3.63) is 0 Å². The van der Waals surface area contributed by atoms with Crippen molar-refractivity contribution >= 4 is 11.8 Å². The monoisotopic (exact) mass is 242 g/mol. The van der Waals surface area contributed by atoms with Crippen molar-refractivity contribution < 1.29 is 0 Å². The predicted octanol–water partition coefficient (Wildman–Crippen LogP) is 2.20. The van der Waals surface area contributed by atoms with E-state index in [4.69, 9.17) is 0 Å². The Kier molecular flexibility index (Phi) is 4.20. The zero-order valence-corrected chi connectivity index (χ0v) is 11.8. The molecule has 16 heavy (non-hydrogen) atoms. The zero-order valence-electron chi connectivity index (χ0n) is 11.0. The molecule has 0 spiro atoms. The molecule has 0 aromatic heterocycles. The summed E-state index contributed by atoms with van der Waals surface area (Å²) in [6.45, 7) is 7.37. The Balaban J connectivity index is 1.87. The number of likely N-dealkylation sites (tertiary alicyclic amines) is 1. The molecule has 0 radical (unpaired) electrons. The Labute approximate surface area is 105 Å². The van der Waals surface area contributed by atoms with E-state index < -0.39 is 0 Å². The van der Waals surface area contributed by atoms with Crippen LogP contribution in [0.4, 0.5) is 0 Å². The minimum Gasteiger partial charge on any atom is -0.309 e. The summed E-state index contributed by atoms with van der Waals surface area (Å²) < 4.78 is 0. The van der Waals surface area contributed by atoms with Gasteiger partial charge in [0.25, 0.3) is 0 Å². The van der Waals surface area contributed by atoms with Gasteiger partial charge in [-0.25, -0.2) is 0 Å². The first kappa shape index (κ1) is 12.7. The van der Waals surface area contributed by atoms with Gasteiger partial charge in [0.2, 0.25) is 0 Å². The van der Waals surface area contributed by atoms with Gasteiger partial charge in [0.05, 0.1) is 0 Å². The van der Waals surface area contributed by atoms with E-state index in [0.29, 0.717) is 11.5 Å². The van der Waals surface area contributed by atoms with E-state index >= 15 is 0 Å². The third-order valence-electron chi connectivity index (χ3n) is 4.18. The van der Waals surface area contributed by atoms with Crippen LogP contribution in [0.2, 0.25) is 0 Å². The van der Waals surface area contributed by atoms with Gasteiger partial charge in [-0.1, -0.05) is 13.8 Å². The quantitative estimate of drug-likeness (QED) is 0.799. The molecule has 2 heterocycles. The molecule has 0 aromatic carbocycles. The lowest BCUT2D eigenvalue weighted by Gasteiger charge is -2.42. The fraction of sp³-hybridized carbons (Fsp3) is 1.00. The summed E-state index contributed by atoms with van der Waals surface area (Å²) in [5.41, 5.74) is 0.487. The molecule has 3 heteroatoms. The van der Waals surface area contributed by atoms with Crippen molar-refractivity contribution in [3.63, 3.8) is 0 Å². The molecule has 0 saturated carbocycles. The molecule has 2 atom stereocenters. The average molecular weight is 242 g/mol. The third-order valence-corrected chi connectivity index (χ3v) is 5.24. The third kappa shape index (κ3) is 3.14. The topological polar surface area (TPSA) is 15.3 Å². The van der Waals surface area contributed by atoms with Crippen LogP contribution in [-0.2, 0) is 0 Å². The molecule has 2 aliphatic rings. The van der Waals surface area contributed by atoms with E-state index in [0.717, 1.165) is 6.04 Å². The van der Waals surface area contributed by atoms with Gasteiger partial charge in [0, 0.05) is 24.4 Å². The maximum absolute atomic E-state index is 3.92. The number of likely N-dealkylation sites (N-methyl/N-ethyl adjacent to an activating group) is 1. The van der Waals surface area contributed by atoms with Gasteiger partial charge in [-0.3, -0.25) is 0 Å². The van der Waals surface area contributed by atoms with Crippen molar-refractivity contribution in [1.29, 1.82) is 0 Å². The Morgan fingerprint density at radius 1 is 1.38 bits per heavy atom. The molecule has 0 aliphatic carbocycles. The molecular formula is C13H26N2S. The Hall–Kier alpha value is 0.270. The molecule has 2 fully saturated rings. The van der Waals surface area contributed by atoms with Crippen LogP contribution in [-0.4, -0.2) is 48.6 Å². The van der Waals surface area contributed by atoms with Gasteiger partial charge in [0.1, 0.15) is 0 Å². The van der Waals surface area contributed by atoms with Crippen LogP contribution in [0.1, 0.15) is 33.1 Å². The van der Waals surface area contributed by atoms with E-state index in [1.54, 1.807) is 0 Å². The fourth-order valence-corrected chi connectivity index (χ4v) is 4.42. The SMILES string of the molecule is CN1CCCC(NC2CSCCC2(C)C)C1. The lowest BCUT2D eigenvalue weighted by atomic mass is 9.81. The lowest BCUT2D eigenvalue weighted by Crippen LogP contribution is -2.54. The first-order valence-corrected chi connectivity index (χ1v) is 7.76. The van der Waals surface area contributed by atoms with Gasteiger partial charge in [0.15, 0.2) is 0 Å². The molecule has 94 valence electrons. The van der Waals surface area contributed by atoms with E-state index in [1.807, 2.05) is 0 Å². The largest absolute Gasteiger partial charge is 0.309 e. The van der Waals surface area contributed by atoms with Gasteiger partial charge in [-0.2, -0.15) is 11.8 Å². The summed E-state index contributed by atoms with van der Waals surface area (Å²) in [6, 6.07) is 1.43. The number of nitrogens with one attached hydrogen (secondary N) is 1. The normalized spacial score (nSPS) is 36.2. The molecule has 2 nitrogen and oxygen atoms in total. The summed E-state index contributed by atoms with van der Waals surface area (Å²) in [4.78, 5) is 2.46. The van der Waals surface area contributed by atoms with Gasteiger partial charge in [-0.15, -0.1) is 0 Å². The van der Waals surface area contributed by atoms with Crippen LogP contribution >= 0.6 is 11.8 Å². The average Bonchev–Trinajstić information content (AvgIpc) is 2.21. The van der Waals surface area contributed by atoms with Crippen LogP contribution in [0.15, 0.2) is 0 Å². The molecule has 2 unspecified atom stereocenters. The molecule has 1 N–H and O–H groups in total. The molecule has 2 rings (SSSR count). The zero-order chi connectivity index (χ0) is 11.6. The standard InChI is InChI=1S/C13H26N2S/c1-13(2)6-8-16-10-12(13)14-11-5-4-7-15(3)9-11/h11-12,14H,4-10H2,1-3H3. The number of rotatable bonds is 2. The Morgan fingerprint density at radius 2 is 2.19 bits per heavy atom. The van der Waals surface area contributed by atoms with Crippen LogP contribution < -0.4 is 5.32 Å². The Bertz CT molecular complexity index is 230. The van der Waals surface area contributed by atoms with E-state index in [-0.39, 0.29) is 0 Å². The molecular weight excluding hydrogens is 216 g/mol. The smallest absolute Gasteiger partial charge is 0.0212 e. The first-order chi connectivity index (χ1) is 7.58. The van der Waals surface area contributed by atoms with Crippen molar-refractivity contribution in [2.45, 2.75) is 45.2 Å². The molecule has 0 bridgehead atoms. The molecule has 2 aliphatic heterocycles. The minimum atomic E-state index is 0.487. The summed E-state index contributed by atoms with van der Waals surface area (Å²) in [7, 11) is 2.24. The maximum atomic E-state index is 3.92. The fourth-order valence-electron chi connectivity index (χ4n) is 2.80. The van der Waals surface area contributed by atoms with Crippen molar-refractivity contribution in [3.8, 4) is 0 Å². The van der Waals surface area contributed by atoms with Gasteiger partial charge in [-0.05, 0) is 44.0 Å². The van der Waals surface area contributed by atoms with E-state index in [9.17, 15) is 0 Å². The molecule has 0 aromatic rings. The van der Waals surface area contributed by atoms with Crippen molar-refractivity contribution in [2.75, 3.05) is 31.6 Å². The van der Waals surface area contributed by atoms with E-state index in [2.05, 4.69) is 42.9 Å². The highest BCUT2D eigenvalue weighted by atomic mass is 32.2. The lowest BCUT2D eigenvalue weighted by molar-refractivity contribution is 0.173. The first-order valence-electron chi connectivity index (χ1n) is 6.60. The summed E-state index contributed by atoms with van der Waals surface area (Å²) >= 11 is 2.12. The number of nitrogens with zero attached hydrogens (tertiary/aromatic N) is 1. The van der Waals surface area contributed by atoms with Crippen LogP contribution in [0.5, 0.6) is 0 Å². The second-order valence-corrected chi connectivity index (χ2v) is 7.28. The van der Waals surface area contributed by atoms with Crippen LogP contribution in [0.25, 0.3) is 0 Å². The number of piperidine rings is 1. The minimum absolute atomic E-state index is 0.487. The second-order valence-electron chi connectivity index (χ2n) is 6.13. The number of hydrogen-bond donors (Lipinski definition) is 1. The van der Waals surface area contributed by atoms with Crippen molar-refractivity contribution in [1.82, 2.24) is 10.2 Å². The highest BCUT2D eigenvalue weighted by molar-refractivity contribution is 7.99. The van der Waals surface area contributed by atoms with E-state index in [1.165, 1.54) is 43.9 Å². The van der Waals surface area contributed by atoms with Crippen LogP contribution in [0.3, 0.4) is 0 Å². The maximum Gasteiger partial charge on any atom is 0.0212 e. The highest BCUT2D eigenvalue weighted by Crippen LogP contribution is 2.34. The molecule has 0 amide bonds. The number of thioether (sulfide) groups is 1. The van der Waals surface area contributed by atoms with Gasteiger partial charge >= 0.3 is 0 Å².